The largest absolute Gasteiger partial charge is 0.508 e. The Labute approximate surface area is 459 Å². The third kappa shape index (κ3) is 13.7. The fraction of sp³-hybridized carbons (Fsp3) is 0.500. The molecule has 2 aromatic carbocycles. The van der Waals surface area contributed by atoms with Crippen LogP contribution in [0.1, 0.15) is 83.7 Å². The Kier molecular flexibility index (Phi) is 23.7. The summed E-state index contributed by atoms with van der Waals surface area (Å²) >= 11 is 0. The summed E-state index contributed by atoms with van der Waals surface area (Å²) in [6.07, 6.45) is 3.15. The molecule has 400 valence electrons. The summed E-state index contributed by atoms with van der Waals surface area (Å²) in [5.74, 6) is -3.09. The molecular weight excluding hydrogens is 1030 g/mol. The average molecular weight is 1110 g/mol. The molecule has 0 aliphatic carbocycles. The van der Waals surface area contributed by atoms with E-state index in [1.54, 1.807) is 39.3 Å². The van der Waals surface area contributed by atoms with Gasteiger partial charge in [0.1, 0.15) is 23.9 Å². The number of carbonyl (C=O) groups is 4. The van der Waals surface area contributed by atoms with E-state index < -0.39 is 69.1 Å². The Morgan fingerprint density at radius 3 is 2.40 bits per heavy atom. The van der Waals surface area contributed by atoms with E-state index >= 15 is 0 Å². The van der Waals surface area contributed by atoms with Crippen LogP contribution in [0.2, 0.25) is 0 Å². The molecule has 6 bridgehead atoms. The van der Waals surface area contributed by atoms with Crippen molar-refractivity contribution in [2.75, 3.05) is 40.4 Å². The molecule has 7 rings (SSSR count). The second-order valence-electron chi connectivity index (χ2n) is 19.2. The van der Waals surface area contributed by atoms with Gasteiger partial charge in [-0.2, -0.15) is 71.8 Å². The third-order valence-electron chi connectivity index (χ3n) is 13.4. The highest BCUT2D eigenvalue weighted by Gasteiger charge is 2.41. The Morgan fingerprint density at radius 1 is 1.04 bits per heavy atom. The van der Waals surface area contributed by atoms with Crippen LogP contribution in [0.25, 0.3) is 33.3 Å². The van der Waals surface area contributed by atoms with E-state index in [2.05, 4.69) is 60.9 Å². The lowest BCUT2D eigenvalue weighted by Crippen LogP contribution is -2.62. The molecule has 22 heteroatoms. The van der Waals surface area contributed by atoms with Crippen molar-refractivity contribution in [3.05, 3.63) is 83.5 Å². The molecule has 2 aromatic heterocycles. The number of hydrogen-bond donors (Lipinski definition) is 3. The van der Waals surface area contributed by atoms with Crippen LogP contribution in [0.15, 0.2) is 66.7 Å². The number of fused-ring (bicyclic) bond motifs is 6. The van der Waals surface area contributed by atoms with Crippen molar-refractivity contribution >= 4 is 112 Å². The molecule has 16 nitrogen and oxygen atoms in total. The van der Waals surface area contributed by atoms with Crippen molar-refractivity contribution < 1.29 is 42.2 Å². The number of hydrazine groups is 1. The van der Waals surface area contributed by atoms with Crippen LogP contribution in [0, 0.1) is 17.3 Å². The van der Waals surface area contributed by atoms with E-state index in [1.807, 2.05) is 25.1 Å². The predicted octanol–water partition coefficient (Wildman–Crippen LogP) is 6.29. The monoisotopic (exact) mass is 1110 g/mol. The number of ether oxygens (including phenoxy) is 2. The van der Waals surface area contributed by atoms with Crippen molar-refractivity contribution in [2.45, 2.75) is 104 Å². The number of amides is 3. The first-order chi connectivity index (χ1) is 31.8. The number of cyclic esters (lactones) is 1. The smallest absolute Gasteiger partial charge is 0.324 e. The van der Waals surface area contributed by atoms with Gasteiger partial charge >= 0.3 is 5.97 Å². The summed E-state index contributed by atoms with van der Waals surface area (Å²) in [4.78, 5) is 63.2. The molecule has 0 saturated carbocycles. The summed E-state index contributed by atoms with van der Waals surface area (Å²) in [7, 11) is -0.551. The molecular formula is C50H75N7O9S6. The summed E-state index contributed by atoms with van der Waals surface area (Å²) < 4.78 is 40.4. The van der Waals surface area contributed by atoms with Crippen LogP contribution in [0.4, 0.5) is 0 Å². The van der Waals surface area contributed by atoms with Gasteiger partial charge in [0, 0.05) is 80.2 Å². The quantitative estimate of drug-likeness (QED) is 0.143. The topological polar surface area (TPSA) is 193 Å². The number of carbonyl (C=O) groups excluding carboxylic acids is 4. The minimum atomic E-state index is -3.73. The number of likely N-dealkylation sites (N-methyl/N-ethyl adjacent to an activating group) is 1. The minimum absolute atomic E-state index is 0. The second-order valence-corrected chi connectivity index (χ2v) is 21.1. The lowest BCUT2D eigenvalue weighted by molar-refractivity contribution is -0.155. The van der Waals surface area contributed by atoms with Crippen LogP contribution in [-0.2, 0) is 58.1 Å². The molecule has 5 heterocycles. The first-order valence-corrected chi connectivity index (χ1v) is 24.7. The number of sulfonamides is 1. The minimum Gasteiger partial charge on any atom is -0.508 e. The Morgan fingerprint density at radius 2 is 1.75 bits per heavy atom. The maximum atomic E-state index is 14.7. The Bertz CT molecular complexity index is 2680. The molecule has 0 radical (unpaired) electrons. The van der Waals surface area contributed by atoms with Gasteiger partial charge in [0.05, 0.1) is 30.0 Å². The normalized spacial score (nSPS) is 19.9. The van der Waals surface area contributed by atoms with E-state index in [4.69, 9.17) is 14.5 Å². The number of aromatic nitrogens is 2. The molecule has 3 aliphatic heterocycles. The third-order valence-corrected chi connectivity index (χ3v) is 14.9. The number of aryl methyl sites for hydroxylation is 1. The van der Waals surface area contributed by atoms with E-state index in [1.165, 1.54) is 21.3 Å². The molecule has 5 atom stereocenters. The van der Waals surface area contributed by atoms with Gasteiger partial charge in [0.15, 0.2) is 0 Å². The average Bonchev–Trinajstić information content (AvgIpc) is 3.93. The number of pyridine rings is 1. The van der Waals surface area contributed by atoms with Gasteiger partial charge in [0.25, 0.3) is 5.91 Å². The first kappa shape index (κ1) is 64.2. The number of phenols is 1. The number of benzene rings is 2. The number of nitrogens with zero attached hydrogens (tertiary/aromatic N) is 5. The van der Waals surface area contributed by atoms with Crippen LogP contribution in [0.5, 0.6) is 5.75 Å². The molecule has 0 spiro atoms. The molecule has 2 fully saturated rings. The van der Waals surface area contributed by atoms with Gasteiger partial charge < -0.3 is 29.4 Å². The van der Waals surface area contributed by atoms with Crippen LogP contribution < -0.4 is 10.7 Å². The van der Waals surface area contributed by atoms with Gasteiger partial charge in [-0.25, -0.2) is 13.8 Å². The van der Waals surface area contributed by atoms with Crippen LogP contribution in [0.3, 0.4) is 0 Å². The summed E-state index contributed by atoms with van der Waals surface area (Å²) in [5.41, 5.74) is 9.37. The van der Waals surface area contributed by atoms with E-state index in [0.717, 1.165) is 44.4 Å². The van der Waals surface area contributed by atoms with Crippen LogP contribution in [-0.4, -0.2) is 120 Å². The number of rotatable bonds is 11. The van der Waals surface area contributed by atoms with Gasteiger partial charge in [-0.1, -0.05) is 46.4 Å². The van der Waals surface area contributed by atoms with Gasteiger partial charge in [0.2, 0.25) is 21.8 Å². The van der Waals surface area contributed by atoms with E-state index in [9.17, 15) is 32.7 Å². The standard InChI is InChI=1S/C50H65N7O9S.5H2S/c1-10-56-42-17-16-33-26-38(42)39(45(56)37-14-12-19-51-43(37)31(5)65-9)27-50(6,7)29-66-49(62)40-15-13-20-57(53-40)48(61)41(24-32-22-35(33)25-36(58)23-32)52-46(59)44(30(3)4)54(8)47(60)34-18-21-55(28-34)67(63,64)11-2;;;;;/h11-12,14,16-17,19,22-23,25-26,30-31,34,40-41,44,53,58H,2,10,13,15,18,20-21,24,27-29H2,1,3-9H3,(H,52,59);5*1H2/t31-,34-,40-,41-,44-;;;;;/m0...../s1. The zero-order valence-electron chi connectivity index (χ0n) is 42.4. The predicted molar refractivity (Wildman–Crippen MR) is 307 cm³/mol. The molecule has 3 amide bonds. The Balaban J connectivity index is 0.00000355. The Hall–Kier alpha value is -3.87. The van der Waals surface area contributed by atoms with Crippen molar-refractivity contribution in [3.8, 4) is 28.1 Å². The number of aromatic hydroxyl groups is 1. The van der Waals surface area contributed by atoms with Crippen LogP contribution >= 0.6 is 67.5 Å². The van der Waals surface area contributed by atoms with Crippen molar-refractivity contribution in [2.24, 2.45) is 17.3 Å². The van der Waals surface area contributed by atoms with Crippen molar-refractivity contribution in [1.29, 1.82) is 0 Å². The van der Waals surface area contributed by atoms with E-state index in [-0.39, 0.29) is 118 Å². The number of nitrogens with one attached hydrogen (secondary N) is 2. The lowest BCUT2D eigenvalue weighted by Gasteiger charge is -2.37. The summed E-state index contributed by atoms with van der Waals surface area (Å²) in [5, 5.41) is 17.5. The highest BCUT2D eigenvalue weighted by atomic mass is 32.2. The van der Waals surface area contributed by atoms with Gasteiger partial charge in [-0.05, 0) is 104 Å². The molecule has 3 aliphatic rings. The fourth-order valence-corrected chi connectivity index (χ4v) is 10.9. The first-order valence-electron chi connectivity index (χ1n) is 23.2. The molecule has 3 N–H and O–H groups in total. The SMILES string of the molecule is C=CS(=O)(=O)N1CC[C@H](C(=O)N(C)[C@H](C(=O)N[C@H]2Cc3cc(O)cc(c3)-c3ccc4c(c3)c(c(-c3cccnc3[C@H](C)OC)n4CC)CC(C)(C)COC(=O)[C@@H]3CCCN(N3)C2=O)C(C)C)C1.S.S.S.S.S. The molecule has 2 saturated heterocycles. The summed E-state index contributed by atoms with van der Waals surface area (Å²) in [6, 6.07) is 12.3. The zero-order chi connectivity index (χ0) is 48.5. The molecule has 4 aromatic rings. The van der Waals surface area contributed by atoms with Gasteiger partial charge in [-0.3, -0.25) is 29.2 Å². The number of hydrogen-bond acceptors (Lipinski definition) is 11. The maximum Gasteiger partial charge on any atom is 0.324 e. The maximum absolute atomic E-state index is 14.7. The molecule has 0 unspecified atom stereocenters. The second kappa shape index (κ2) is 26.6. The number of esters is 1. The molecule has 72 heavy (non-hydrogen) atoms. The number of methoxy groups -OCH3 is 1. The fourth-order valence-electron chi connectivity index (χ4n) is 9.94. The highest BCUT2D eigenvalue weighted by molar-refractivity contribution is 7.92. The zero-order valence-corrected chi connectivity index (χ0v) is 48.2. The highest BCUT2D eigenvalue weighted by Crippen LogP contribution is 2.42. The van der Waals surface area contributed by atoms with Crippen molar-refractivity contribution in [3.63, 3.8) is 0 Å². The van der Waals surface area contributed by atoms with Gasteiger partial charge in [-0.15, -0.1) is 0 Å². The lowest BCUT2D eigenvalue weighted by atomic mass is 9.84. The van der Waals surface area contributed by atoms with E-state index in [0.29, 0.717) is 36.9 Å². The number of phenolic OH excluding ortho intramolecular Hbond substituents is 1. The van der Waals surface area contributed by atoms with Crippen molar-refractivity contribution in [1.82, 2.24) is 34.5 Å². The summed E-state index contributed by atoms with van der Waals surface area (Å²) in [6.45, 7) is 16.3.